The Labute approximate surface area is 125 Å². The SMILES string of the molecule is CCc1cccc(CC)c1NC(=O)NCc1ccccn1. The third kappa shape index (κ3) is 4.05. The van der Waals surface area contributed by atoms with Gasteiger partial charge in [0.25, 0.3) is 0 Å². The number of urea groups is 1. The normalized spacial score (nSPS) is 10.2. The van der Waals surface area contributed by atoms with Crippen LogP contribution in [0.3, 0.4) is 0 Å². The lowest BCUT2D eigenvalue weighted by molar-refractivity contribution is 0.251. The van der Waals surface area contributed by atoms with Crippen LogP contribution >= 0.6 is 0 Å². The molecule has 0 fully saturated rings. The Morgan fingerprint density at radius 1 is 1.05 bits per heavy atom. The van der Waals surface area contributed by atoms with Gasteiger partial charge in [0, 0.05) is 11.9 Å². The van der Waals surface area contributed by atoms with Crippen LogP contribution in [-0.4, -0.2) is 11.0 Å². The standard InChI is InChI=1S/C17H21N3O/c1-3-13-8-7-9-14(4-2)16(13)20-17(21)19-12-15-10-5-6-11-18-15/h5-11H,3-4,12H2,1-2H3,(H2,19,20,21). The molecular formula is C17H21N3O. The fraction of sp³-hybridized carbons (Fsp3) is 0.294. The number of aromatic nitrogens is 1. The Kier molecular flexibility index (Phi) is 5.32. The minimum atomic E-state index is -0.198. The van der Waals surface area contributed by atoms with Crippen LogP contribution in [0.15, 0.2) is 42.6 Å². The Balaban J connectivity index is 2.02. The fourth-order valence-corrected chi connectivity index (χ4v) is 2.23. The van der Waals surface area contributed by atoms with E-state index in [2.05, 4.69) is 29.5 Å². The minimum Gasteiger partial charge on any atom is -0.332 e. The van der Waals surface area contributed by atoms with Crippen molar-refractivity contribution >= 4 is 11.7 Å². The van der Waals surface area contributed by atoms with E-state index in [0.29, 0.717) is 6.54 Å². The molecule has 2 aromatic rings. The number of carbonyl (C=O) groups excluding carboxylic acids is 1. The molecule has 0 unspecified atom stereocenters. The van der Waals surface area contributed by atoms with E-state index in [-0.39, 0.29) is 6.03 Å². The van der Waals surface area contributed by atoms with E-state index in [1.165, 1.54) is 0 Å². The summed E-state index contributed by atoms with van der Waals surface area (Å²) in [4.78, 5) is 16.3. The van der Waals surface area contributed by atoms with Gasteiger partial charge in [0.1, 0.15) is 0 Å². The average molecular weight is 283 g/mol. The first-order valence-corrected chi connectivity index (χ1v) is 7.30. The summed E-state index contributed by atoms with van der Waals surface area (Å²) in [5.41, 5.74) is 4.08. The van der Waals surface area contributed by atoms with Crippen molar-refractivity contribution < 1.29 is 4.79 Å². The van der Waals surface area contributed by atoms with Gasteiger partial charge in [-0.15, -0.1) is 0 Å². The highest BCUT2D eigenvalue weighted by Crippen LogP contribution is 2.22. The smallest absolute Gasteiger partial charge is 0.319 e. The third-order valence-corrected chi connectivity index (χ3v) is 3.39. The molecule has 4 heteroatoms. The Morgan fingerprint density at radius 2 is 1.76 bits per heavy atom. The van der Waals surface area contributed by atoms with E-state index in [1.54, 1.807) is 6.20 Å². The number of aryl methyl sites for hydroxylation is 2. The van der Waals surface area contributed by atoms with Crippen LogP contribution < -0.4 is 10.6 Å². The van der Waals surface area contributed by atoms with Crippen molar-refractivity contribution in [1.29, 1.82) is 0 Å². The molecule has 0 spiro atoms. The van der Waals surface area contributed by atoms with Gasteiger partial charge in [-0.2, -0.15) is 0 Å². The number of hydrogen-bond donors (Lipinski definition) is 2. The second kappa shape index (κ2) is 7.43. The summed E-state index contributed by atoms with van der Waals surface area (Å²) in [6.45, 7) is 4.60. The Hall–Kier alpha value is -2.36. The Bertz CT molecular complexity index is 574. The maximum atomic E-state index is 12.1. The third-order valence-electron chi connectivity index (χ3n) is 3.39. The molecule has 110 valence electrons. The number of amides is 2. The summed E-state index contributed by atoms with van der Waals surface area (Å²) >= 11 is 0. The van der Waals surface area contributed by atoms with Crippen molar-refractivity contribution in [2.75, 3.05) is 5.32 Å². The summed E-state index contributed by atoms with van der Waals surface area (Å²) in [5.74, 6) is 0. The van der Waals surface area contributed by atoms with E-state index in [4.69, 9.17) is 0 Å². The molecule has 4 nitrogen and oxygen atoms in total. The molecule has 0 aliphatic rings. The van der Waals surface area contributed by atoms with Gasteiger partial charge in [0.15, 0.2) is 0 Å². The number of hydrogen-bond acceptors (Lipinski definition) is 2. The van der Waals surface area contributed by atoms with E-state index < -0.39 is 0 Å². The van der Waals surface area contributed by atoms with Gasteiger partial charge >= 0.3 is 6.03 Å². The molecule has 2 rings (SSSR count). The van der Waals surface area contributed by atoms with Gasteiger partial charge < -0.3 is 10.6 Å². The predicted octanol–water partition coefficient (Wildman–Crippen LogP) is 3.53. The van der Waals surface area contributed by atoms with Crippen molar-refractivity contribution in [3.63, 3.8) is 0 Å². The zero-order chi connectivity index (χ0) is 15.1. The number of carbonyl (C=O) groups is 1. The summed E-state index contributed by atoms with van der Waals surface area (Å²) in [5, 5.41) is 5.81. The van der Waals surface area contributed by atoms with Crippen LogP contribution in [0, 0.1) is 0 Å². The molecule has 2 N–H and O–H groups in total. The summed E-state index contributed by atoms with van der Waals surface area (Å²) in [6.07, 6.45) is 3.50. The molecule has 1 aromatic carbocycles. The molecule has 0 saturated heterocycles. The molecule has 0 aliphatic heterocycles. The van der Waals surface area contributed by atoms with Crippen LogP contribution in [0.2, 0.25) is 0 Å². The minimum absolute atomic E-state index is 0.198. The number of anilines is 1. The van der Waals surface area contributed by atoms with Crippen molar-refractivity contribution in [2.45, 2.75) is 33.2 Å². The number of pyridine rings is 1. The molecule has 0 radical (unpaired) electrons. The van der Waals surface area contributed by atoms with E-state index in [0.717, 1.165) is 35.3 Å². The predicted molar refractivity (Wildman–Crippen MR) is 85.3 cm³/mol. The highest BCUT2D eigenvalue weighted by molar-refractivity contribution is 5.91. The zero-order valence-electron chi connectivity index (χ0n) is 12.5. The highest BCUT2D eigenvalue weighted by atomic mass is 16.2. The van der Waals surface area contributed by atoms with E-state index >= 15 is 0 Å². The van der Waals surface area contributed by atoms with Crippen LogP contribution in [0.1, 0.15) is 30.7 Å². The van der Waals surface area contributed by atoms with E-state index in [1.807, 2.05) is 36.4 Å². The number of nitrogens with zero attached hydrogens (tertiary/aromatic N) is 1. The van der Waals surface area contributed by atoms with Gasteiger partial charge in [0.05, 0.1) is 12.2 Å². The van der Waals surface area contributed by atoms with Gasteiger partial charge in [-0.3, -0.25) is 4.98 Å². The van der Waals surface area contributed by atoms with Gasteiger partial charge in [-0.25, -0.2) is 4.79 Å². The fourth-order valence-electron chi connectivity index (χ4n) is 2.23. The first kappa shape index (κ1) is 15.0. The van der Waals surface area contributed by atoms with Crippen LogP contribution in [0.25, 0.3) is 0 Å². The lowest BCUT2D eigenvalue weighted by Gasteiger charge is -2.14. The first-order valence-electron chi connectivity index (χ1n) is 7.30. The van der Waals surface area contributed by atoms with Gasteiger partial charge in [0.2, 0.25) is 0 Å². The molecule has 0 saturated carbocycles. The van der Waals surface area contributed by atoms with Crippen LogP contribution in [0.5, 0.6) is 0 Å². The number of nitrogens with one attached hydrogen (secondary N) is 2. The summed E-state index contributed by atoms with van der Waals surface area (Å²) < 4.78 is 0. The quantitative estimate of drug-likeness (QED) is 0.882. The van der Waals surface area contributed by atoms with Gasteiger partial charge in [-0.05, 0) is 36.1 Å². The molecular weight excluding hydrogens is 262 g/mol. The lowest BCUT2D eigenvalue weighted by Crippen LogP contribution is -2.29. The molecule has 1 heterocycles. The largest absolute Gasteiger partial charge is 0.332 e. The van der Waals surface area contributed by atoms with Crippen molar-refractivity contribution in [3.8, 4) is 0 Å². The van der Waals surface area contributed by atoms with Gasteiger partial charge in [-0.1, -0.05) is 38.1 Å². The van der Waals surface area contributed by atoms with Crippen molar-refractivity contribution in [3.05, 3.63) is 59.4 Å². The first-order chi connectivity index (χ1) is 10.2. The molecule has 0 bridgehead atoms. The Morgan fingerprint density at radius 3 is 2.33 bits per heavy atom. The zero-order valence-corrected chi connectivity index (χ0v) is 12.5. The van der Waals surface area contributed by atoms with Crippen LogP contribution in [0.4, 0.5) is 10.5 Å². The monoisotopic (exact) mass is 283 g/mol. The van der Waals surface area contributed by atoms with Crippen molar-refractivity contribution in [2.24, 2.45) is 0 Å². The maximum absolute atomic E-state index is 12.1. The van der Waals surface area contributed by atoms with E-state index in [9.17, 15) is 4.79 Å². The van der Waals surface area contributed by atoms with Crippen molar-refractivity contribution in [1.82, 2.24) is 10.3 Å². The summed E-state index contributed by atoms with van der Waals surface area (Å²) in [7, 11) is 0. The number of para-hydroxylation sites is 1. The number of rotatable bonds is 5. The van der Waals surface area contributed by atoms with Crippen LogP contribution in [-0.2, 0) is 19.4 Å². The molecule has 0 aliphatic carbocycles. The summed E-state index contributed by atoms with van der Waals surface area (Å²) in [6, 6.07) is 11.6. The highest BCUT2D eigenvalue weighted by Gasteiger charge is 2.09. The molecule has 2 amide bonds. The molecule has 21 heavy (non-hydrogen) atoms. The maximum Gasteiger partial charge on any atom is 0.319 e. The topological polar surface area (TPSA) is 54.0 Å². The molecule has 0 atom stereocenters. The second-order valence-corrected chi connectivity index (χ2v) is 4.79. The lowest BCUT2D eigenvalue weighted by atomic mass is 10.0. The second-order valence-electron chi connectivity index (χ2n) is 4.79. The molecule has 1 aromatic heterocycles. The average Bonchev–Trinajstić information content (AvgIpc) is 2.54. The number of benzene rings is 1.